The van der Waals surface area contributed by atoms with E-state index in [9.17, 15) is 9.90 Å². The van der Waals surface area contributed by atoms with Crippen LogP contribution in [-0.2, 0) is 19.0 Å². The molecule has 0 aromatic heterocycles. The zero-order valence-corrected chi connectivity index (χ0v) is 22.7. The van der Waals surface area contributed by atoms with E-state index in [0.717, 1.165) is 31.3 Å². The molecule has 9 atom stereocenters. The quantitative estimate of drug-likeness (QED) is 0.414. The van der Waals surface area contributed by atoms with Crippen molar-refractivity contribution >= 4 is 5.91 Å². The number of carbonyl (C=O) groups excluding carboxylic acids is 1. The second kappa shape index (κ2) is 13.2. The van der Waals surface area contributed by atoms with Gasteiger partial charge in [0.2, 0.25) is 5.91 Å². The molecule has 0 saturated carbocycles. The van der Waals surface area contributed by atoms with E-state index in [4.69, 9.17) is 14.2 Å². The molecule has 204 valence electrons. The third-order valence-electron chi connectivity index (χ3n) is 7.90. The molecular weight excluding hydrogens is 466 g/mol. The predicted molar refractivity (Wildman–Crippen MR) is 146 cm³/mol. The maximum absolute atomic E-state index is 12.9. The Labute approximate surface area is 222 Å². The highest BCUT2D eigenvalue weighted by Gasteiger charge is 2.46. The molecule has 1 amide bonds. The molecule has 4 aliphatic rings. The van der Waals surface area contributed by atoms with Gasteiger partial charge in [0, 0.05) is 6.04 Å². The normalized spacial score (nSPS) is 39.6. The van der Waals surface area contributed by atoms with E-state index in [1.807, 2.05) is 6.08 Å². The van der Waals surface area contributed by atoms with Crippen LogP contribution in [0.4, 0.5) is 0 Å². The Bertz CT molecular complexity index is 921. The van der Waals surface area contributed by atoms with Gasteiger partial charge in [0.25, 0.3) is 0 Å². The highest BCUT2D eigenvalue weighted by atomic mass is 16.6. The molecule has 6 nitrogen and oxygen atoms in total. The summed E-state index contributed by atoms with van der Waals surface area (Å²) in [6.45, 7) is 11.3. The Morgan fingerprint density at radius 3 is 2.81 bits per heavy atom. The highest BCUT2D eigenvalue weighted by Crippen LogP contribution is 2.34. The summed E-state index contributed by atoms with van der Waals surface area (Å²) in [5.41, 5.74) is 2.39. The van der Waals surface area contributed by atoms with Crippen LogP contribution in [0.2, 0.25) is 0 Å². The molecule has 6 heteroatoms. The van der Waals surface area contributed by atoms with E-state index >= 15 is 0 Å². The van der Waals surface area contributed by atoms with E-state index in [1.54, 1.807) is 6.08 Å². The van der Waals surface area contributed by atoms with Crippen molar-refractivity contribution in [3.05, 3.63) is 60.3 Å². The fourth-order valence-corrected chi connectivity index (χ4v) is 5.75. The van der Waals surface area contributed by atoms with Gasteiger partial charge in [-0.3, -0.25) is 4.79 Å². The van der Waals surface area contributed by atoms with Crippen LogP contribution >= 0.6 is 0 Å². The van der Waals surface area contributed by atoms with Crippen molar-refractivity contribution in [1.29, 1.82) is 0 Å². The SMILES string of the molecule is C=C1C[C@H](C)C[C@@H]2CC=C[C@@H](C/C=C\C(=O)N[C@H]([C@@H](C)/C=C/[C@@H]3CC(C)=CCO3)C[C@@H]3O[C@H]3[C@@H](O)C1)O2. The highest BCUT2D eigenvalue weighted by molar-refractivity contribution is 5.87. The summed E-state index contributed by atoms with van der Waals surface area (Å²) in [6, 6.07) is -0.117. The fourth-order valence-electron chi connectivity index (χ4n) is 5.75. The van der Waals surface area contributed by atoms with Crippen molar-refractivity contribution in [3.63, 3.8) is 0 Å². The number of nitrogens with one attached hydrogen (secondary N) is 1. The van der Waals surface area contributed by atoms with Crippen LogP contribution in [0, 0.1) is 11.8 Å². The third kappa shape index (κ3) is 8.78. The lowest BCUT2D eigenvalue weighted by atomic mass is 9.90. The second-order valence-electron chi connectivity index (χ2n) is 11.5. The first-order valence-corrected chi connectivity index (χ1v) is 14.0. The summed E-state index contributed by atoms with van der Waals surface area (Å²) < 4.78 is 18.0. The monoisotopic (exact) mass is 511 g/mol. The van der Waals surface area contributed by atoms with Gasteiger partial charge >= 0.3 is 0 Å². The number of hydrogen-bond donors (Lipinski definition) is 2. The first-order chi connectivity index (χ1) is 17.8. The van der Waals surface area contributed by atoms with Gasteiger partial charge in [-0.05, 0) is 69.8 Å². The van der Waals surface area contributed by atoms with Crippen LogP contribution in [0.3, 0.4) is 0 Å². The molecule has 0 aromatic carbocycles. The van der Waals surface area contributed by atoms with Gasteiger partial charge in [0.1, 0.15) is 6.10 Å². The molecule has 4 rings (SSSR count). The number of ether oxygens (including phenoxy) is 3. The Balaban J connectivity index is 1.44. The number of hydrogen-bond acceptors (Lipinski definition) is 5. The Hall–Kier alpha value is -1.99. The van der Waals surface area contributed by atoms with Crippen molar-refractivity contribution < 1.29 is 24.1 Å². The third-order valence-corrected chi connectivity index (χ3v) is 7.90. The molecule has 0 radical (unpaired) electrons. The molecule has 0 unspecified atom stereocenters. The molecule has 37 heavy (non-hydrogen) atoms. The number of carbonyl (C=O) groups is 1. The van der Waals surface area contributed by atoms with Crippen LogP contribution < -0.4 is 5.32 Å². The van der Waals surface area contributed by atoms with Gasteiger partial charge in [-0.15, -0.1) is 0 Å². The van der Waals surface area contributed by atoms with E-state index in [2.05, 4.69) is 63.0 Å². The zero-order chi connectivity index (χ0) is 26.4. The van der Waals surface area contributed by atoms with Crippen molar-refractivity contribution in [2.24, 2.45) is 11.8 Å². The molecule has 4 heterocycles. The first-order valence-electron chi connectivity index (χ1n) is 14.0. The largest absolute Gasteiger partial charge is 0.390 e. The second-order valence-corrected chi connectivity index (χ2v) is 11.5. The minimum atomic E-state index is -0.575. The van der Waals surface area contributed by atoms with Crippen LogP contribution in [0.5, 0.6) is 0 Å². The number of amides is 1. The predicted octanol–water partition coefficient (Wildman–Crippen LogP) is 4.95. The lowest BCUT2D eigenvalue weighted by molar-refractivity contribution is -0.117. The first kappa shape index (κ1) is 28.0. The molecule has 0 aliphatic carbocycles. The minimum Gasteiger partial charge on any atom is -0.390 e. The standard InChI is InChI=1S/C31H45NO5/c1-20-13-14-35-25(16-20)12-11-23(4)27-19-29-31(37-29)28(33)18-22(3)15-21(2)17-26-9-5-7-24(36-26)8-6-10-30(34)32-27/h5-7,10-13,21,23-29,31,33H,3,8-9,14-19H2,1-2,4H3,(H,32,34)/b10-6-,12-11+/t21-,23-,24-,25+,26-,27-,28-,29-,31-/m0/s1. The lowest BCUT2D eigenvalue weighted by Crippen LogP contribution is -2.39. The Kier molecular flexibility index (Phi) is 9.99. The van der Waals surface area contributed by atoms with E-state index < -0.39 is 6.10 Å². The molecule has 0 spiro atoms. The van der Waals surface area contributed by atoms with E-state index in [0.29, 0.717) is 31.8 Å². The number of epoxide rings is 1. The van der Waals surface area contributed by atoms with Gasteiger partial charge in [-0.1, -0.05) is 68.0 Å². The Morgan fingerprint density at radius 1 is 1.16 bits per heavy atom. The maximum Gasteiger partial charge on any atom is 0.243 e. The van der Waals surface area contributed by atoms with Crippen LogP contribution in [0.1, 0.15) is 65.7 Å². The van der Waals surface area contributed by atoms with E-state index in [1.165, 1.54) is 5.57 Å². The summed E-state index contributed by atoms with van der Waals surface area (Å²) in [7, 11) is 0. The van der Waals surface area contributed by atoms with Gasteiger partial charge < -0.3 is 24.6 Å². The number of aliphatic hydroxyl groups excluding tert-OH is 1. The van der Waals surface area contributed by atoms with Gasteiger partial charge in [0.05, 0.1) is 37.1 Å². The van der Waals surface area contributed by atoms with Crippen molar-refractivity contribution in [3.8, 4) is 0 Å². The molecule has 2 N–H and O–H groups in total. The zero-order valence-electron chi connectivity index (χ0n) is 22.7. The summed E-state index contributed by atoms with van der Waals surface area (Å²) in [5.74, 6) is 0.397. The molecule has 1 saturated heterocycles. The number of rotatable bonds is 3. The molecular formula is C31H45NO5. The molecule has 0 aromatic rings. The average Bonchev–Trinajstić information content (AvgIpc) is 3.61. The van der Waals surface area contributed by atoms with E-state index in [-0.39, 0.29) is 48.4 Å². The molecule has 4 aliphatic heterocycles. The topological polar surface area (TPSA) is 80.3 Å². The Morgan fingerprint density at radius 2 is 2.00 bits per heavy atom. The maximum atomic E-state index is 12.9. The smallest absolute Gasteiger partial charge is 0.243 e. The van der Waals surface area contributed by atoms with Gasteiger partial charge in [-0.2, -0.15) is 0 Å². The summed E-state index contributed by atoms with van der Waals surface area (Å²) >= 11 is 0. The molecule has 1 fully saturated rings. The summed E-state index contributed by atoms with van der Waals surface area (Å²) in [4.78, 5) is 12.9. The van der Waals surface area contributed by atoms with Crippen LogP contribution in [0.25, 0.3) is 0 Å². The molecule has 2 bridgehead atoms. The number of fused-ring (bicyclic) bond motifs is 3. The van der Waals surface area contributed by atoms with Crippen molar-refractivity contribution in [2.75, 3.05) is 6.61 Å². The van der Waals surface area contributed by atoms with Gasteiger partial charge in [-0.25, -0.2) is 0 Å². The number of aliphatic hydroxyl groups is 1. The summed E-state index contributed by atoms with van der Waals surface area (Å²) in [6.07, 6.45) is 19.1. The van der Waals surface area contributed by atoms with Crippen molar-refractivity contribution in [2.45, 2.75) is 108 Å². The lowest BCUT2D eigenvalue weighted by Gasteiger charge is -2.28. The van der Waals surface area contributed by atoms with Crippen molar-refractivity contribution in [1.82, 2.24) is 5.32 Å². The minimum absolute atomic E-state index is 0.00909. The fraction of sp³-hybridized carbons (Fsp3) is 0.645. The van der Waals surface area contributed by atoms with Crippen LogP contribution in [0.15, 0.2) is 60.3 Å². The van der Waals surface area contributed by atoms with Gasteiger partial charge in [0.15, 0.2) is 0 Å². The summed E-state index contributed by atoms with van der Waals surface area (Å²) in [5, 5.41) is 14.0. The van der Waals surface area contributed by atoms with Crippen LogP contribution in [-0.4, -0.2) is 60.3 Å². The average molecular weight is 512 g/mol.